The van der Waals surface area contributed by atoms with Crippen LogP contribution < -0.4 is 16.4 Å². The number of nitrogens with two attached hydrogens (primary N) is 1. The first-order valence-corrected chi connectivity index (χ1v) is 8.28. The summed E-state index contributed by atoms with van der Waals surface area (Å²) >= 11 is 1.57. The second kappa shape index (κ2) is 8.24. The average molecular weight is 329 g/mol. The number of amides is 3. The molecule has 0 aromatic heterocycles. The topological polar surface area (TPSA) is 84.2 Å². The molecule has 0 fully saturated rings. The Morgan fingerprint density at radius 1 is 1.04 bits per heavy atom. The zero-order valence-corrected chi connectivity index (χ0v) is 13.7. The SMILES string of the molecule is Cc1cccc(CSCC(=O)Nc2ccc(NC(N)=O)cc2)c1. The normalized spacial score (nSPS) is 10.1. The summed E-state index contributed by atoms with van der Waals surface area (Å²) < 4.78 is 0. The van der Waals surface area contributed by atoms with Crippen molar-refractivity contribution in [1.29, 1.82) is 0 Å². The van der Waals surface area contributed by atoms with E-state index in [-0.39, 0.29) is 5.91 Å². The van der Waals surface area contributed by atoms with Crippen LogP contribution in [0.3, 0.4) is 0 Å². The number of primary amides is 1. The number of nitrogens with one attached hydrogen (secondary N) is 2. The minimum absolute atomic E-state index is 0.0572. The fourth-order valence-corrected chi connectivity index (χ4v) is 2.81. The summed E-state index contributed by atoms with van der Waals surface area (Å²) in [7, 11) is 0. The molecule has 5 nitrogen and oxygen atoms in total. The van der Waals surface area contributed by atoms with Crippen molar-refractivity contribution in [1.82, 2.24) is 0 Å². The molecule has 2 aromatic rings. The lowest BCUT2D eigenvalue weighted by Gasteiger charge is -2.07. The van der Waals surface area contributed by atoms with E-state index in [0.29, 0.717) is 17.1 Å². The lowest BCUT2D eigenvalue weighted by atomic mass is 10.2. The van der Waals surface area contributed by atoms with E-state index in [1.165, 1.54) is 11.1 Å². The van der Waals surface area contributed by atoms with E-state index < -0.39 is 6.03 Å². The predicted molar refractivity (Wildman–Crippen MR) is 95.6 cm³/mol. The smallest absolute Gasteiger partial charge is 0.316 e. The van der Waals surface area contributed by atoms with Crippen LogP contribution in [0, 0.1) is 6.92 Å². The second-order valence-corrected chi connectivity index (χ2v) is 6.08. The average Bonchev–Trinajstić information content (AvgIpc) is 2.49. The van der Waals surface area contributed by atoms with E-state index in [9.17, 15) is 9.59 Å². The molecule has 6 heteroatoms. The van der Waals surface area contributed by atoms with Crippen molar-refractivity contribution in [3.8, 4) is 0 Å². The minimum Gasteiger partial charge on any atom is -0.351 e. The molecule has 0 atom stereocenters. The van der Waals surface area contributed by atoms with Crippen LogP contribution in [0.15, 0.2) is 48.5 Å². The van der Waals surface area contributed by atoms with Crippen LogP contribution in [0.1, 0.15) is 11.1 Å². The lowest BCUT2D eigenvalue weighted by Crippen LogP contribution is -2.19. The van der Waals surface area contributed by atoms with Gasteiger partial charge in [0, 0.05) is 17.1 Å². The Morgan fingerprint density at radius 3 is 2.30 bits per heavy atom. The van der Waals surface area contributed by atoms with E-state index in [1.54, 1.807) is 36.0 Å². The third-order valence-corrected chi connectivity index (χ3v) is 4.02. The highest BCUT2D eigenvalue weighted by Crippen LogP contribution is 2.16. The highest BCUT2D eigenvalue weighted by molar-refractivity contribution is 7.99. The number of benzene rings is 2. The van der Waals surface area contributed by atoms with Gasteiger partial charge in [0.1, 0.15) is 0 Å². The Kier molecular flexibility index (Phi) is 6.05. The molecule has 120 valence electrons. The Labute approximate surface area is 139 Å². The predicted octanol–water partition coefficient (Wildman–Crippen LogP) is 3.36. The van der Waals surface area contributed by atoms with Crippen LogP contribution in [0.4, 0.5) is 16.2 Å². The summed E-state index contributed by atoms with van der Waals surface area (Å²) in [4.78, 5) is 22.6. The number of carbonyl (C=O) groups excluding carboxylic acids is 2. The third-order valence-electron chi connectivity index (χ3n) is 3.02. The number of aryl methyl sites for hydroxylation is 1. The zero-order valence-electron chi connectivity index (χ0n) is 12.8. The van der Waals surface area contributed by atoms with Crippen molar-refractivity contribution in [2.75, 3.05) is 16.4 Å². The van der Waals surface area contributed by atoms with E-state index in [0.717, 1.165) is 5.75 Å². The number of thioether (sulfide) groups is 1. The Bertz CT molecular complexity index is 686. The Balaban J connectivity index is 1.77. The summed E-state index contributed by atoms with van der Waals surface area (Å²) in [5.74, 6) is 1.13. The molecular formula is C17H19N3O2S. The van der Waals surface area contributed by atoms with Crippen molar-refractivity contribution in [2.24, 2.45) is 5.73 Å². The molecular weight excluding hydrogens is 310 g/mol. The van der Waals surface area contributed by atoms with Gasteiger partial charge >= 0.3 is 6.03 Å². The van der Waals surface area contributed by atoms with Gasteiger partial charge < -0.3 is 16.4 Å². The number of rotatable bonds is 6. The van der Waals surface area contributed by atoms with Crippen LogP contribution in [0.5, 0.6) is 0 Å². The van der Waals surface area contributed by atoms with Crippen LogP contribution >= 0.6 is 11.8 Å². The number of hydrogen-bond acceptors (Lipinski definition) is 3. The summed E-state index contributed by atoms with van der Waals surface area (Å²) in [6, 6.07) is 14.4. The van der Waals surface area contributed by atoms with Crippen molar-refractivity contribution < 1.29 is 9.59 Å². The number of urea groups is 1. The Morgan fingerprint density at radius 2 is 1.70 bits per heavy atom. The molecule has 0 spiro atoms. The van der Waals surface area contributed by atoms with Crippen LogP contribution in [-0.4, -0.2) is 17.7 Å². The van der Waals surface area contributed by atoms with E-state index in [2.05, 4.69) is 35.8 Å². The summed E-state index contributed by atoms with van der Waals surface area (Å²) in [5.41, 5.74) is 8.73. The van der Waals surface area contributed by atoms with Gasteiger partial charge in [0.05, 0.1) is 5.75 Å². The zero-order chi connectivity index (χ0) is 16.7. The molecule has 0 radical (unpaired) electrons. The molecule has 0 aliphatic carbocycles. The van der Waals surface area contributed by atoms with Crippen molar-refractivity contribution >= 4 is 35.1 Å². The molecule has 0 unspecified atom stereocenters. The highest BCUT2D eigenvalue weighted by Gasteiger charge is 2.04. The van der Waals surface area contributed by atoms with Gasteiger partial charge in [-0.25, -0.2) is 4.79 Å². The maximum Gasteiger partial charge on any atom is 0.316 e. The first-order chi connectivity index (χ1) is 11.0. The van der Waals surface area contributed by atoms with E-state index >= 15 is 0 Å². The molecule has 23 heavy (non-hydrogen) atoms. The largest absolute Gasteiger partial charge is 0.351 e. The number of hydrogen-bond donors (Lipinski definition) is 3. The molecule has 0 bridgehead atoms. The van der Waals surface area contributed by atoms with Crippen LogP contribution in [0.2, 0.25) is 0 Å². The lowest BCUT2D eigenvalue weighted by molar-refractivity contribution is -0.113. The standard InChI is InChI=1S/C17H19N3O2S/c1-12-3-2-4-13(9-12)10-23-11-16(21)19-14-5-7-15(8-6-14)20-17(18)22/h2-9H,10-11H2,1H3,(H,19,21)(H3,18,20,22). The van der Waals surface area contributed by atoms with Gasteiger partial charge in [0.15, 0.2) is 0 Å². The van der Waals surface area contributed by atoms with Crippen LogP contribution in [0.25, 0.3) is 0 Å². The summed E-state index contributed by atoms with van der Waals surface area (Å²) in [6.45, 7) is 2.05. The van der Waals surface area contributed by atoms with Gasteiger partial charge in [-0.15, -0.1) is 11.8 Å². The third kappa shape index (κ3) is 6.04. The molecule has 0 heterocycles. The molecule has 0 saturated heterocycles. The van der Waals surface area contributed by atoms with Gasteiger partial charge in [-0.3, -0.25) is 4.79 Å². The highest BCUT2D eigenvalue weighted by atomic mass is 32.2. The van der Waals surface area contributed by atoms with E-state index in [1.807, 2.05) is 6.07 Å². The first kappa shape index (κ1) is 16.9. The van der Waals surface area contributed by atoms with Crippen molar-refractivity contribution in [2.45, 2.75) is 12.7 Å². The van der Waals surface area contributed by atoms with Gasteiger partial charge in [0.25, 0.3) is 0 Å². The number of carbonyl (C=O) groups is 2. The monoisotopic (exact) mass is 329 g/mol. The molecule has 4 N–H and O–H groups in total. The van der Waals surface area contributed by atoms with Crippen LogP contribution in [-0.2, 0) is 10.5 Å². The maximum atomic E-state index is 11.9. The molecule has 0 aliphatic heterocycles. The fraction of sp³-hybridized carbons (Fsp3) is 0.176. The molecule has 0 aliphatic rings. The molecule has 3 amide bonds. The van der Waals surface area contributed by atoms with E-state index in [4.69, 9.17) is 5.73 Å². The van der Waals surface area contributed by atoms with Gasteiger partial charge in [0.2, 0.25) is 5.91 Å². The Hall–Kier alpha value is -2.47. The number of anilines is 2. The van der Waals surface area contributed by atoms with Gasteiger partial charge in [-0.05, 0) is 36.8 Å². The maximum absolute atomic E-state index is 11.9. The van der Waals surface area contributed by atoms with Crippen molar-refractivity contribution in [3.63, 3.8) is 0 Å². The van der Waals surface area contributed by atoms with Gasteiger partial charge in [-0.1, -0.05) is 29.8 Å². The molecule has 2 aromatic carbocycles. The van der Waals surface area contributed by atoms with Crippen molar-refractivity contribution in [3.05, 3.63) is 59.7 Å². The minimum atomic E-state index is -0.616. The van der Waals surface area contributed by atoms with Gasteiger partial charge in [-0.2, -0.15) is 0 Å². The molecule has 0 saturated carbocycles. The summed E-state index contributed by atoms with van der Waals surface area (Å²) in [6.07, 6.45) is 0. The summed E-state index contributed by atoms with van der Waals surface area (Å²) in [5, 5.41) is 5.28. The molecule has 2 rings (SSSR count). The first-order valence-electron chi connectivity index (χ1n) is 7.12. The second-order valence-electron chi connectivity index (χ2n) is 5.10. The fourth-order valence-electron chi connectivity index (χ4n) is 2.04. The quantitative estimate of drug-likeness (QED) is 0.760.